The maximum absolute atomic E-state index is 12.1. The Bertz CT molecular complexity index is 508. The number of carbonyl (C=O) groups excluding carboxylic acids is 1. The van der Waals surface area contributed by atoms with Crippen LogP contribution in [0.2, 0.25) is 0 Å². The fourth-order valence-corrected chi connectivity index (χ4v) is 3.30. The minimum absolute atomic E-state index is 0.169. The molecule has 190 valence electrons. The smallest absolute Gasteiger partial charge is 0.305 e. The molecule has 0 saturated heterocycles. The number of esters is 1. The van der Waals surface area contributed by atoms with E-state index in [-0.39, 0.29) is 12.3 Å². The van der Waals surface area contributed by atoms with Gasteiger partial charge in [0, 0.05) is 11.8 Å². The topological polar surface area (TPSA) is 44.8 Å². The minimum atomic E-state index is -0.377. The summed E-state index contributed by atoms with van der Waals surface area (Å²) in [7, 11) is 0. The van der Waals surface area contributed by atoms with Crippen molar-refractivity contribution in [3.05, 3.63) is 48.6 Å². The summed E-state index contributed by atoms with van der Waals surface area (Å²) in [6, 6.07) is 0. The predicted octanol–water partition coefficient (Wildman–Crippen LogP) is 8.23. The van der Waals surface area contributed by atoms with Gasteiger partial charge in [-0.1, -0.05) is 91.2 Å². The van der Waals surface area contributed by atoms with E-state index < -0.39 is 0 Å². The molecule has 4 nitrogen and oxygen atoms in total. The average molecular weight is 528 g/mol. The van der Waals surface area contributed by atoms with E-state index in [4.69, 9.17) is 14.2 Å². The number of unbranched alkanes of at least 4 members (excludes halogenated alkanes) is 3. The molecule has 0 aromatic rings. The first-order chi connectivity index (χ1) is 16.2. The molecule has 0 spiro atoms. The second-order valence-corrected chi connectivity index (χ2v) is 8.58. The maximum Gasteiger partial charge on any atom is 0.305 e. The summed E-state index contributed by atoms with van der Waals surface area (Å²) in [4.78, 5) is 12.1. The molecule has 0 fully saturated rings. The standard InChI is InChI=1S/C28H47BrO4/c1-3-5-7-9-11-14-19-25-32-28(33-26-20-15-12-10-8-6-4-2)22-21-27(30)31-24-18-16-13-17-23-29/h5-8,11-12,14-15,28H,3-4,9-10,13,16-26H2,1-2H3. The molecule has 0 aromatic carbocycles. The van der Waals surface area contributed by atoms with E-state index in [1.165, 1.54) is 12.8 Å². The summed E-state index contributed by atoms with van der Waals surface area (Å²) >= 11 is 3.43. The highest BCUT2D eigenvalue weighted by Gasteiger charge is 2.13. The van der Waals surface area contributed by atoms with Crippen molar-refractivity contribution in [1.29, 1.82) is 0 Å². The number of hydrogen-bond acceptors (Lipinski definition) is 4. The Morgan fingerprint density at radius 1 is 0.727 bits per heavy atom. The van der Waals surface area contributed by atoms with Gasteiger partial charge in [0.25, 0.3) is 0 Å². The Hall–Kier alpha value is -1.17. The molecular formula is C28H47BrO4. The molecule has 0 aliphatic rings. The van der Waals surface area contributed by atoms with Gasteiger partial charge in [0.15, 0.2) is 6.29 Å². The summed E-state index contributed by atoms with van der Waals surface area (Å²) in [6.07, 6.45) is 27.8. The largest absolute Gasteiger partial charge is 0.466 e. The third-order valence-corrected chi connectivity index (χ3v) is 5.29. The number of alkyl halides is 1. The van der Waals surface area contributed by atoms with E-state index in [0.29, 0.717) is 32.7 Å². The monoisotopic (exact) mass is 526 g/mol. The molecule has 0 saturated carbocycles. The number of carbonyl (C=O) groups is 1. The van der Waals surface area contributed by atoms with Gasteiger partial charge in [-0.15, -0.1) is 0 Å². The van der Waals surface area contributed by atoms with Crippen LogP contribution in [0, 0.1) is 0 Å². The SMILES string of the molecule is CCC=CCC=CCCOC(CCC(=O)OCCCCCCBr)OCCC=CCC=CCC. The average Bonchev–Trinajstić information content (AvgIpc) is 2.82. The Morgan fingerprint density at radius 2 is 1.27 bits per heavy atom. The van der Waals surface area contributed by atoms with Crippen LogP contribution in [0.25, 0.3) is 0 Å². The Labute approximate surface area is 211 Å². The molecule has 0 heterocycles. The number of ether oxygens (including phenoxy) is 3. The molecule has 5 heteroatoms. The lowest BCUT2D eigenvalue weighted by Crippen LogP contribution is -2.20. The zero-order valence-electron chi connectivity index (χ0n) is 21.0. The summed E-state index contributed by atoms with van der Waals surface area (Å²) in [6.45, 7) is 5.94. The maximum atomic E-state index is 12.1. The van der Waals surface area contributed by atoms with Crippen LogP contribution in [-0.4, -0.2) is 37.4 Å². The minimum Gasteiger partial charge on any atom is -0.466 e. The Kier molecular flexibility index (Phi) is 26.1. The zero-order valence-corrected chi connectivity index (χ0v) is 22.6. The van der Waals surface area contributed by atoms with Crippen LogP contribution >= 0.6 is 15.9 Å². The van der Waals surface area contributed by atoms with Crippen LogP contribution in [-0.2, 0) is 19.0 Å². The van der Waals surface area contributed by atoms with Crippen LogP contribution in [0.4, 0.5) is 0 Å². The van der Waals surface area contributed by atoms with Gasteiger partial charge in [0.1, 0.15) is 0 Å². The molecule has 0 radical (unpaired) electrons. The van der Waals surface area contributed by atoms with E-state index in [9.17, 15) is 4.79 Å². The molecule has 0 rings (SSSR count). The van der Waals surface area contributed by atoms with Crippen LogP contribution in [0.5, 0.6) is 0 Å². The number of hydrogen-bond donors (Lipinski definition) is 0. The summed E-state index contributed by atoms with van der Waals surface area (Å²) in [5, 5.41) is 1.03. The fraction of sp³-hybridized carbons (Fsp3) is 0.679. The molecule has 0 atom stereocenters. The van der Waals surface area contributed by atoms with Gasteiger partial charge in [-0.3, -0.25) is 4.79 Å². The summed E-state index contributed by atoms with van der Waals surface area (Å²) in [5.41, 5.74) is 0. The second kappa shape index (κ2) is 27.1. The van der Waals surface area contributed by atoms with Crippen molar-refractivity contribution in [3.63, 3.8) is 0 Å². The zero-order chi connectivity index (χ0) is 24.2. The van der Waals surface area contributed by atoms with E-state index in [0.717, 1.165) is 56.7 Å². The molecule has 0 unspecified atom stereocenters. The van der Waals surface area contributed by atoms with Crippen molar-refractivity contribution >= 4 is 21.9 Å². The van der Waals surface area contributed by atoms with E-state index >= 15 is 0 Å². The van der Waals surface area contributed by atoms with Crippen LogP contribution < -0.4 is 0 Å². The molecule has 0 amide bonds. The fourth-order valence-electron chi connectivity index (χ4n) is 2.90. The van der Waals surface area contributed by atoms with Crippen LogP contribution in [0.15, 0.2) is 48.6 Å². The molecule has 0 N–H and O–H groups in total. The normalized spacial score (nSPS) is 13.2. The van der Waals surface area contributed by atoms with Gasteiger partial charge in [-0.25, -0.2) is 0 Å². The van der Waals surface area contributed by atoms with Crippen molar-refractivity contribution in [3.8, 4) is 0 Å². The van der Waals surface area contributed by atoms with Crippen molar-refractivity contribution in [2.24, 2.45) is 0 Å². The van der Waals surface area contributed by atoms with Gasteiger partial charge in [-0.2, -0.15) is 0 Å². The van der Waals surface area contributed by atoms with Crippen molar-refractivity contribution in [2.45, 2.75) is 97.2 Å². The molecular weight excluding hydrogens is 480 g/mol. The number of allylic oxidation sites excluding steroid dienone is 6. The third kappa shape index (κ3) is 25.3. The summed E-state index contributed by atoms with van der Waals surface area (Å²) in [5.74, 6) is -0.169. The van der Waals surface area contributed by atoms with Crippen molar-refractivity contribution < 1.29 is 19.0 Å². The first kappa shape index (κ1) is 31.8. The third-order valence-electron chi connectivity index (χ3n) is 4.73. The van der Waals surface area contributed by atoms with Crippen molar-refractivity contribution in [2.75, 3.05) is 25.2 Å². The second-order valence-electron chi connectivity index (χ2n) is 7.78. The molecule has 0 bridgehead atoms. The lowest BCUT2D eigenvalue weighted by molar-refractivity contribution is -0.158. The summed E-state index contributed by atoms with van der Waals surface area (Å²) < 4.78 is 17.2. The molecule has 0 aliphatic carbocycles. The van der Waals surface area contributed by atoms with Crippen LogP contribution in [0.3, 0.4) is 0 Å². The quantitative estimate of drug-likeness (QED) is 0.0441. The van der Waals surface area contributed by atoms with Gasteiger partial charge in [-0.05, 0) is 51.4 Å². The first-order valence-corrected chi connectivity index (χ1v) is 13.9. The highest BCUT2D eigenvalue weighted by atomic mass is 79.9. The van der Waals surface area contributed by atoms with Crippen LogP contribution in [0.1, 0.15) is 90.9 Å². The van der Waals surface area contributed by atoms with E-state index in [1.807, 2.05) is 0 Å². The highest BCUT2D eigenvalue weighted by Crippen LogP contribution is 2.09. The molecule has 33 heavy (non-hydrogen) atoms. The van der Waals surface area contributed by atoms with E-state index in [1.54, 1.807) is 0 Å². The van der Waals surface area contributed by atoms with Gasteiger partial charge in [0.2, 0.25) is 0 Å². The predicted molar refractivity (Wildman–Crippen MR) is 144 cm³/mol. The highest BCUT2D eigenvalue weighted by molar-refractivity contribution is 9.09. The van der Waals surface area contributed by atoms with Gasteiger partial charge >= 0.3 is 5.97 Å². The van der Waals surface area contributed by atoms with Gasteiger partial charge < -0.3 is 14.2 Å². The van der Waals surface area contributed by atoms with Crippen molar-refractivity contribution in [1.82, 2.24) is 0 Å². The number of halogens is 1. The Balaban J connectivity index is 4.22. The number of rotatable bonds is 23. The molecule has 0 aliphatic heterocycles. The van der Waals surface area contributed by atoms with Gasteiger partial charge in [0.05, 0.1) is 26.2 Å². The lowest BCUT2D eigenvalue weighted by Gasteiger charge is -2.18. The molecule has 0 aromatic heterocycles. The lowest BCUT2D eigenvalue weighted by atomic mass is 10.2. The van der Waals surface area contributed by atoms with E-state index in [2.05, 4.69) is 78.4 Å². The first-order valence-electron chi connectivity index (χ1n) is 12.8. The Morgan fingerprint density at radius 3 is 1.82 bits per heavy atom.